The molecule has 0 aliphatic rings. The van der Waals surface area contributed by atoms with Gasteiger partial charge in [0.15, 0.2) is 0 Å². The smallest absolute Gasteiger partial charge is 0.124 e. The van der Waals surface area contributed by atoms with E-state index in [2.05, 4.69) is 19.2 Å². The Bertz CT molecular complexity index is 388. The molecular weight excluding hydrogens is 269 g/mol. The van der Waals surface area contributed by atoms with E-state index in [1.54, 1.807) is 6.07 Å². The van der Waals surface area contributed by atoms with Gasteiger partial charge in [-0.2, -0.15) is 0 Å². The molecule has 108 valence electrons. The van der Waals surface area contributed by atoms with E-state index in [0.717, 1.165) is 5.56 Å². The summed E-state index contributed by atoms with van der Waals surface area (Å²) in [4.78, 5) is 0. The van der Waals surface area contributed by atoms with Gasteiger partial charge in [-0.1, -0.05) is 31.5 Å². The molecule has 1 atom stereocenters. The minimum atomic E-state index is -0.557. The maximum atomic E-state index is 12.8. The molecule has 0 aliphatic carbocycles. The van der Waals surface area contributed by atoms with Crippen LogP contribution in [0.25, 0.3) is 0 Å². The monoisotopic (exact) mass is 289 g/mol. The molecular formula is C14H21ClFNO2. The van der Waals surface area contributed by atoms with Crippen molar-refractivity contribution in [3.05, 3.63) is 34.6 Å². The summed E-state index contributed by atoms with van der Waals surface area (Å²) >= 11 is 5.90. The molecule has 0 fully saturated rings. The van der Waals surface area contributed by atoms with Crippen molar-refractivity contribution < 1.29 is 14.2 Å². The molecule has 3 nitrogen and oxygen atoms in total. The minimum Gasteiger partial charge on any atom is -0.389 e. The van der Waals surface area contributed by atoms with Crippen LogP contribution >= 0.6 is 11.6 Å². The fraction of sp³-hybridized carbons (Fsp3) is 0.571. The summed E-state index contributed by atoms with van der Waals surface area (Å²) in [5, 5.41) is 13.1. The first kappa shape index (κ1) is 16.4. The molecule has 0 aromatic heterocycles. The summed E-state index contributed by atoms with van der Waals surface area (Å²) in [5.41, 5.74) is 0.804. The van der Waals surface area contributed by atoms with Gasteiger partial charge in [-0.25, -0.2) is 4.39 Å². The summed E-state index contributed by atoms with van der Waals surface area (Å²) < 4.78 is 18.2. The van der Waals surface area contributed by atoms with Gasteiger partial charge >= 0.3 is 0 Å². The molecule has 2 N–H and O–H groups in total. The molecule has 0 amide bonds. The Hall–Kier alpha value is -0.680. The van der Waals surface area contributed by atoms with Crippen LogP contribution < -0.4 is 5.32 Å². The Balaban J connectivity index is 2.22. The maximum absolute atomic E-state index is 12.8. The lowest BCUT2D eigenvalue weighted by Crippen LogP contribution is -2.30. The average molecular weight is 290 g/mol. The first-order valence-electron chi connectivity index (χ1n) is 6.39. The molecule has 0 heterocycles. The first-order valence-corrected chi connectivity index (χ1v) is 6.77. The van der Waals surface area contributed by atoms with Crippen LogP contribution in [-0.4, -0.2) is 31.0 Å². The van der Waals surface area contributed by atoms with Crippen molar-refractivity contribution in [3.8, 4) is 0 Å². The predicted molar refractivity (Wildman–Crippen MR) is 74.8 cm³/mol. The number of halogens is 2. The lowest BCUT2D eigenvalue weighted by atomic mass is 10.2. The fourth-order valence-electron chi connectivity index (χ4n) is 1.54. The molecule has 0 aliphatic heterocycles. The first-order chi connectivity index (χ1) is 8.99. The second-order valence-corrected chi connectivity index (χ2v) is 5.36. The van der Waals surface area contributed by atoms with Crippen LogP contribution in [0.4, 0.5) is 4.39 Å². The Labute approximate surface area is 118 Å². The zero-order valence-electron chi connectivity index (χ0n) is 11.3. The van der Waals surface area contributed by atoms with Crippen molar-refractivity contribution in [2.24, 2.45) is 5.92 Å². The van der Waals surface area contributed by atoms with Crippen LogP contribution in [-0.2, 0) is 11.3 Å². The van der Waals surface area contributed by atoms with Crippen molar-refractivity contribution in [1.82, 2.24) is 5.32 Å². The minimum absolute atomic E-state index is 0.308. The van der Waals surface area contributed by atoms with Crippen LogP contribution in [0.1, 0.15) is 19.4 Å². The number of aliphatic hydroxyl groups is 1. The molecule has 1 aromatic rings. The van der Waals surface area contributed by atoms with Crippen LogP contribution in [0.15, 0.2) is 18.2 Å². The molecule has 0 bridgehead atoms. The lowest BCUT2D eigenvalue weighted by Gasteiger charge is -2.14. The highest BCUT2D eigenvalue weighted by Crippen LogP contribution is 2.16. The number of benzene rings is 1. The molecule has 1 rings (SSSR count). The van der Waals surface area contributed by atoms with Crippen LogP contribution in [0.2, 0.25) is 5.02 Å². The number of hydrogen-bond donors (Lipinski definition) is 2. The molecule has 1 aromatic carbocycles. The number of aliphatic hydroxyl groups excluding tert-OH is 1. The van der Waals surface area contributed by atoms with Crippen LogP contribution in [0, 0.1) is 11.7 Å². The van der Waals surface area contributed by atoms with E-state index in [-0.39, 0.29) is 5.82 Å². The Kier molecular flexibility index (Phi) is 7.31. The van der Waals surface area contributed by atoms with Gasteiger partial charge in [-0.05, 0) is 23.6 Å². The van der Waals surface area contributed by atoms with Crippen molar-refractivity contribution in [3.63, 3.8) is 0 Å². The quantitative estimate of drug-likeness (QED) is 0.773. The van der Waals surface area contributed by atoms with E-state index in [1.807, 2.05) is 0 Å². The van der Waals surface area contributed by atoms with Crippen LogP contribution in [0.3, 0.4) is 0 Å². The largest absolute Gasteiger partial charge is 0.389 e. The van der Waals surface area contributed by atoms with Gasteiger partial charge < -0.3 is 15.2 Å². The Morgan fingerprint density at radius 3 is 2.74 bits per heavy atom. The molecule has 0 saturated carbocycles. The van der Waals surface area contributed by atoms with Crippen molar-refractivity contribution in [2.45, 2.75) is 26.5 Å². The average Bonchev–Trinajstić information content (AvgIpc) is 2.31. The van der Waals surface area contributed by atoms with Crippen molar-refractivity contribution in [1.29, 1.82) is 0 Å². The van der Waals surface area contributed by atoms with Gasteiger partial charge in [0.25, 0.3) is 0 Å². The summed E-state index contributed by atoms with van der Waals surface area (Å²) in [5.74, 6) is 0.106. The molecule has 0 spiro atoms. The third-order valence-electron chi connectivity index (χ3n) is 2.47. The van der Waals surface area contributed by atoms with Gasteiger partial charge in [0.05, 0.1) is 12.7 Å². The molecule has 0 radical (unpaired) electrons. The highest BCUT2D eigenvalue weighted by atomic mass is 35.5. The van der Waals surface area contributed by atoms with Crippen molar-refractivity contribution in [2.75, 3.05) is 19.8 Å². The fourth-order valence-corrected chi connectivity index (χ4v) is 1.77. The zero-order valence-corrected chi connectivity index (χ0v) is 12.1. The topological polar surface area (TPSA) is 41.5 Å². The number of ether oxygens (including phenoxy) is 1. The molecule has 1 unspecified atom stereocenters. The van der Waals surface area contributed by atoms with Gasteiger partial charge in [0.2, 0.25) is 0 Å². The Morgan fingerprint density at radius 2 is 2.11 bits per heavy atom. The van der Waals surface area contributed by atoms with E-state index >= 15 is 0 Å². The number of hydrogen-bond acceptors (Lipinski definition) is 3. The number of nitrogens with one attached hydrogen (secondary N) is 1. The summed E-state index contributed by atoms with van der Waals surface area (Å²) in [6, 6.07) is 4.28. The molecule has 19 heavy (non-hydrogen) atoms. The summed E-state index contributed by atoms with van der Waals surface area (Å²) in [6.45, 7) is 5.96. The second kappa shape index (κ2) is 8.48. The van der Waals surface area contributed by atoms with E-state index in [9.17, 15) is 9.50 Å². The van der Waals surface area contributed by atoms with Crippen molar-refractivity contribution >= 4 is 11.6 Å². The molecule has 0 saturated heterocycles. The van der Waals surface area contributed by atoms with Gasteiger partial charge in [0.1, 0.15) is 5.82 Å². The standard InChI is InChI=1S/C14H21ClFNO2/c1-10(2)8-19-9-13(18)7-17-6-11-3-4-12(16)5-14(11)15/h3-5,10,13,17-18H,6-9H2,1-2H3. The SMILES string of the molecule is CC(C)COCC(O)CNCc1ccc(F)cc1Cl. The van der Waals surface area contributed by atoms with Gasteiger partial charge in [0, 0.05) is 24.7 Å². The highest BCUT2D eigenvalue weighted by molar-refractivity contribution is 6.31. The summed E-state index contributed by atoms with van der Waals surface area (Å²) in [6.07, 6.45) is -0.557. The summed E-state index contributed by atoms with van der Waals surface area (Å²) in [7, 11) is 0. The van der Waals surface area contributed by atoms with E-state index in [4.69, 9.17) is 16.3 Å². The van der Waals surface area contributed by atoms with E-state index in [0.29, 0.717) is 37.2 Å². The highest BCUT2D eigenvalue weighted by Gasteiger charge is 2.06. The predicted octanol–water partition coefficient (Wildman–Crippen LogP) is 2.60. The number of rotatable bonds is 8. The lowest BCUT2D eigenvalue weighted by molar-refractivity contribution is 0.0260. The third kappa shape index (κ3) is 6.87. The van der Waals surface area contributed by atoms with Gasteiger partial charge in [-0.15, -0.1) is 0 Å². The maximum Gasteiger partial charge on any atom is 0.124 e. The third-order valence-corrected chi connectivity index (χ3v) is 2.82. The normalized spacial score (nSPS) is 12.9. The van der Waals surface area contributed by atoms with Gasteiger partial charge in [-0.3, -0.25) is 0 Å². The van der Waals surface area contributed by atoms with E-state index in [1.165, 1.54) is 12.1 Å². The van der Waals surface area contributed by atoms with Crippen LogP contribution in [0.5, 0.6) is 0 Å². The van der Waals surface area contributed by atoms with E-state index < -0.39 is 6.10 Å². The second-order valence-electron chi connectivity index (χ2n) is 4.95. The Morgan fingerprint density at radius 1 is 1.37 bits per heavy atom. The molecule has 5 heteroatoms. The zero-order chi connectivity index (χ0) is 14.3.